The van der Waals surface area contributed by atoms with E-state index in [2.05, 4.69) is 55.9 Å². The van der Waals surface area contributed by atoms with Crippen LogP contribution in [-0.4, -0.2) is 32.9 Å². The summed E-state index contributed by atoms with van der Waals surface area (Å²) < 4.78 is 14.0. The number of anilines is 1. The Morgan fingerprint density at radius 1 is 1.10 bits per heavy atom. The summed E-state index contributed by atoms with van der Waals surface area (Å²) in [7, 11) is 1.47. The molecular formula is C29H30BrClN4O5. The number of pyridine rings is 1. The summed E-state index contributed by atoms with van der Waals surface area (Å²) in [6.45, 7) is 10.9. The average molecular weight is 630 g/mol. The summed E-state index contributed by atoms with van der Waals surface area (Å²) in [5.41, 5.74) is 1.83. The van der Waals surface area contributed by atoms with Crippen molar-refractivity contribution in [1.29, 1.82) is 0 Å². The molecule has 2 aromatic heterocycles. The number of halogens is 2. The van der Waals surface area contributed by atoms with Gasteiger partial charge >= 0.3 is 5.97 Å². The first kappa shape index (κ1) is 29.4. The lowest BCUT2D eigenvalue weighted by Crippen LogP contribution is -2.36. The van der Waals surface area contributed by atoms with Gasteiger partial charge in [0.2, 0.25) is 0 Å². The van der Waals surface area contributed by atoms with Crippen LogP contribution in [0.15, 0.2) is 59.2 Å². The van der Waals surface area contributed by atoms with Crippen LogP contribution in [0.25, 0.3) is 16.9 Å². The van der Waals surface area contributed by atoms with Crippen LogP contribution >= 0.6 is 27.5 Å². The van der Waals surface area contributed by atoms with Gasteiger partial charge in [-0.15, -0.1) is 0 Å². The van der Waals surface area contributed by atoms with Crippen molar-refractivity contribution in [2.75, 3.05) is 12.4 Å². The fourth-order valence-electron chi connectivity index (χ4n) is 4.87. The van der Waals surface area contributed by atoms with E-state index in [0.717, 1.165) is 34.0 Å². The Balaban J connectivity index is 1.72. The second-order valence-corrected chi connectivity index (χ2v) is 12.6. The van der Waals surface area contributed by atoms with Crippen LogP contribution in [0.1, 0.15) is 51.4 Å². The third kappa shape index (κ3) is 6.56. The smallest absolute Gasteiger partial charge is 0.345 e. The van der Waals surface area contributed by atoms with Crippen LogP contribution in [0.4, 0.5) is 11.5 Å². The van der Waals surface area contributed by atoms with Gasteiger partial charge < -0.3 is 14.8 Å². The number of hydrogen-bond donors (Lipinski definition) is 1. The largest absolute Gasteiger partial charge is 0.493 e. The van der Waals surface area contributed by atoms with Crippen molar-refractivity contribution in [2.45, 2.75) is 46.6 Å². The van der Waals surface area contributed by atoms with Gasteiger partial charge in [0.1, 0.15) is 17.2 Å². The number of methoxy groups -OCH3 is 1. The molecule has 210 valence electrons. The monoisotopic (exact) mass is 628 g/mol. The number of ether oxygens (including phenoxy) is 2. The average Bonchev–Trinajstić information content (AvgIpc) is 3.19. The number of nitrogens with one attached hydrogen (secondary N) is 1. The first-order valence-electron chi connectivity index (χ1n) is 12.5. The fourth-order valence-corrected chi connectivity index (χ4v) is 5.46. The minimum absolute atomic E-state index is 0.00288. The molecule has 40 heavy (non-hydrogen) atoms. The predicted molar refractivity (Wildman–Crippen MR) is 160 cm³/mol. The van der Waals surface area contributed by atoms with Gasteiger partial charge in [0, 0.05) is 33.9 Å². The number of fused-ring (bicyclic) bond motifs is 1. The minimum atomic E-state index is -0.769. The number of esters is 1. The Morgan fingerprint density at radius 3 is 2.45 bits per heavy atom. The Hall–Kier alpha value is -3.63. The molecule has 0 radical (unpaired) electrons. The first-order valence-corrected chi connectivity index (χ1v) is 13.6. The van der Waals surface area contributed by atoms with Crippen molar-refractivity contribution < 1.29 is 19.2 Å². The number of aromatic nitrogens is 2. The van der Waals surface area contributed by atoms with E-state index >= 15 is 0 Å². The molecule has 0 aliphatic heterocycles. The van der Waals surface area contributed by atoms with Crippen LogP contribution in [0.2, 0.25) is 5.02 Å². The van der Waals surface area contributed by atoms with Crippen molar-refractivity contribution in [3.63, 3.8) is 0 Å². The second kappa shape index (κ2) is 11.1. The molecule has 1 N–H and O–H groups in total. The van der Waals surface area contributed by atoms with E-state index in [1.165, 1.54) is 19.2 Å². The lowest BCUT2D eigenvalue weighted by Gasteiger charge is -2.34. The van der Waals surface area contributed by atoms with E-state index in [9.17, 15) is 14.9 Å². The molecule has 0 saturated heterocycles. The number of nitro groups is 1. The number of benzene rings is 2. The summed E-state index contributed by atoms with van der Waals surface area (Å²) in [5, 5.41) is 14.6. The summed E-state index contributed by atoms with van der Waals surface area (Å²) in [6.07, 6.45) is 2.87. The highest BCUT2D eigenvalue weighted by Gasteiger charge is 2.28. The van der Waals surface area contributed by atoms with E-state index in [1.54, 1.807) is 18.2 Å². The van der Waals surface area contributed by atoms with E-state index in [1.807, 2.05) is 22.7 Å². The topological polar surface area (TPSA) is 108 Å². The molecule has 11 heteroatoms. The van der Waals surface area contributed by atoms with Gasteiger partial charge in [-0.05, 0) is 78.0 Å². The van der Waals surface area contributed by atoms with Crippen molar-refractivity contribution in [3.05, 3.63) is 79.9 Å². The van der Waals surface area contributed by atoms with Crippen molar-refractivity contribution in [3.8, 4) is 22.8 Å². The third-order valence-corrected chi connectivity index (χ3v) is 6.82. The highest BCUT2D eigenvalue weighted by molar-refractivity contribution is 9.10. The maximum absolute atomic E-state index is 12.9. The maximum atomic E-state index is 12.9. The Morgan fingerprint density at radius 2 is 1.82 bits per heavy atom. The van der Waals surface area contributed by atoms with Crippen molar-refractivity contribution >= 4 is 50.7 Å². The maximum Gasteiger partial charge on any atom is 0.345 e. The zero-order chi connectivity index (χ0) is 29.4. The van der Waals surface area contributed by atoms with Crippen molar-refractivity contribution in [2.24, 2.45) is 5.41 Å². The number of rotatable bonds is 8. The molecule has 0 atom stereocenters. The molecule has 0 spiro atoms. The zero-order valence-electron chi connectivity index (χ0n) is 23.0. The number of non-ortho nitro benzene ring substituents is 1. The van der Waals surface area contributed by atoms with Crippen molar-refractivity contribution in [1.82, 2.24) is 9.38 Å². The molecule has 0 aliphatic carbocycles. The number of carbonyl (C=O) groups excluding carboxylic acids is 1. The molecule has 4 aromatic rings. The molecule has 2 aromatic carbocycles. The molecule has 4 rings (SSSR count). The zero-order valence-corrected chi connectivity index (χ0v) is 25.4. The van der Waals surface area contributed by atoms with Gasteiger partial charge in [-0.2, -0.15) is 0 Å². The predicted octanol–water partition coefficient (Wildman–Crippen LogP) is 8.18. The van der Waals surface area contributed by atoms with Crippen LogP contribution < -0.4 is 14.8 Å². The number of nitro benzene ring substituents is 1. The normalized spacial score (nSPS) is 11.9. The van der Waals surface area contributed by atoms with E-state index in [0.29, 0.717) is 11.4 Å². The minimum Gasteiger partial charge on any atom is -0.493 e. The highest BCUT2D eigenvalue weighted by Crippen LogP contribution is 2.39. The quantitative estimate of drug-likeness (QED) is 0.0906. The Labute approximate surface area is 245 Å². The molecular weight excluding hydrogens is 600 g/mol. The SMILES string of the molecule is COc1cc(-c2nc3ccc(Br)cn3c2NC(C)(C)CC(C)(C)C)ccc1OC(=O)c1ccc([N+](=O)[O-])cc1Cl. The first-order chi connectivity index (χ1) is 18.7. The lowest BCUT2D eigenvalue weighted by molar-refractivity contribution is -0.384. The number of hydrogen-bond acceptors (Lipinski definition) is 7. The standard InChI is InChI=1S/C29H30BrClN4O5/c1-28(2,3)16-29(4,5)33-26-25(32-24-12-8-18(30)15-34(24)26)17-7-11-22(23(13-17)39-6)40-27(36)20-10-9-19(35(37)38)14-21(20)31/h7-15,33H,16H2,1-6H3. The molecule has 0 unspecified atom stereocenters. The Bertz CT molecular complexity index is 1610. The molecule has 0 aliphatic rings. The van der Waals surface area contributed by atoms with Gasteiger partial charge in [0.05, 0.1) is 22.6 Å². The molecule has 0 fully saturated rings. The summed E-state index contributed by atoms with van der Waals surface area (Å²) in [4.78, 5) is 28.2. The highest BCUT2D eigenvalue weighted by atomic mass is 79.9. The molecule has 0 amide bonds. The van der Waals surface area contributed by atoms with Gasteiger partial charge in [-0.1, -0.05) is 32.4 Å². The number of nitrogens with zero attached hydrogens (tertiary/aromatic N) is 3. The van der Waals surface area contributed by atoms with Gasteiger partial charge in [0.15, 0.2) is 11.5 Å². The Kier molecular flexibility index (Phi) is 8.14. The van der Waals surface area contributed by atoms with Gasteiger partial charge in [-0.25, -0.2) is 9.78 Å². The van der Waals surface area contributed by atoms with Gasteiger partial charge in [0.25, 0.3) is 5.69 Å². The molecule has 0 saturated carbocycles. The third-order valence-electron chi connectivity index (χ3n) is 6.03. The van der Waals surface area contributed by atoms with Gasteiger partial charge in [-0.3, -0.25) is 14.5 Å². The molecule has 9 nitrogen and oxygen atoms in total. The van der Waals surface area contributed by atoms with Crippen LogP contribution in [-0.2, 0) is 0 Å². The summed E-state index contributed by atoms with van der Waals surface area (Å²) >= 11 is 9.68. The molecule has 0 bridgehead atoms. The number of carbonyl (C=O) groups is 1. The lowest BCUT2D eigenvalue weighted by atomic mass is 9.82. The van der Waals surface area contributed by atoms with Crippen LogP contribution in [0, 0.1) is 15.5 Å². The fraction of sp³-hybridized carbons (Fsp3) is 0.310. The number of imidazole rings is 1. The van der Waals surface area contributed by atoms with Crippen LogP contribution in [0.3, 0.4) is 0 Å². The van der Waals surface area contributed by atoms with E-state index < -0.39 is 10.9 Å². The van der Waals surface area contributed by atoms with E-state index in [-0.39, 0.29) is 33.0 Å². The summed E-state index contributed by atoms with van der Waals surface area (Å²) in [5.74, 6) is 0.520. The van der Waals surface area contributed by atoms with Crippen LogP contribution in [0.5, 0.6) is 11.5 Å². The summed E-state index contributed by atoms with van der Waals surface area (Å²) in [6, 6.07) is 12.6. The second-order valence-electron chi connectivity index (χ2n) is 11.3. The molecule has 2 heterocycles. The van der Waals surface area contributed by atoms with E-state index in [4.69, 9.17) is 26.1 Å².